The Morgan fingerprint density at radius 2 is 2.00 bits per heavy atom. The first kappa shape index (κ1) is 23.5. The molecule has 1 unspecified atom stereocenters. The van der Waals surface area contributed by atoms with E-state index in [4.69, 9.17) is 38.7 Å². The second kappa shape index (κ2) is 8.93. The lowest BCUT2D eigenvalue weighted by atomic mass is 9.63. The van der Waals surface area contributed by atoms with Gasteiger partial charge in [-0.3, -0.25) is 9.59 Å². The molecule has 0 saturated heterocycles. The Hall–Kier alpha value is -2.68. The number of benzene rings is 2. The van der Waals surface area contributed by atoms with E-state index in [2.05, 4.69) is 0 Å². The molecule has 7 nitrogen and oxygen atoms in total. The van der Waals surface area contributed by atoms with Crippen LogP contribution in [0.25, 0.3) is 21.9 Å². The molecule has 4 N–H and O–H groups in total. The third-order valence-corrected chi connectivity index (χ3v) is 7.24. The second-order valence-corrected chi connectivity index (χ2v) is 9.34. The van der Waals surface area contributed by atoms with E-state index in [0.717, 1.165) is 6.42 Å². The molecule has 1 saturated carbocycles. The van der Waals surface area contributed by atoms with Crippen molar-refractivity contribution < 1.29 is 29.0 Å². The van der Waals surface area contributed by atoms with Crippen LogP contribution in [-0.2, 0) is 16.0 Å². The van der Waals surface area contributed by atoms with E-state index in [9.17, 15) is 19.8 Å². The molecule has 0 amide bonds. The van der Waals surface area contributed by atoms with Crippen LogP contribution >= 0.6 is 23.8 Å². The molecule has 1 aromatic heterocycles. The lowest BCUT2D eigenvalue weighted by Gasteiger charge is -2.43. The fourth-order valence-electron chi connectivity index (χ4n) is 4.36. The van der Waals surface area contributed by atoms with Crippen LogP contribution in [0.5, 0.6) is 5.75 Å². The van der Waals surface area contributed by atoms with Gasteiger partial charge in [0.2, 0.25) is 0 Å². The van der Waals surface area contributed by atoms with Crippen molar-refractivity contribution in [3.63, 3.8) is 0 Å². The molecule has 0 aliphatic heterocycles. The van der Waals surface area contributed by atoms with Crippen molar-refractivity contribution in [2.45, 2.75) is 38.1 Å². The van der Waals surface area contributed by atoms with Gasteiger partial charge in [-0.1, -0.05) is 42.9 Å². The number of fused-ring (bicyclic) bond motifs is 2. The van der Waals surface area contributed by atoms with Gasteiger partial charge < -0.3 is 25.1 Å². The largest absolute Gasteiger partial charge is 0.490 e. The summed E-state index contributed by atoms with van der Waals surface area (Å²) in [6.07, 6.45) is 1.06. The number of hydrogen-bond donors (Lipinski definition) is 3. The Morgan fingerprint density at radius 1 is 1.30 bits per heavy atom. The Kier molecular flexibility index (Phi) is 6.35. The number of para-hydroxylation sites is 1. The standard InChI is InChI=1S/C24H24ClNO6S/c1-2-7-31-17-10-13(11-24(26,23(29)30)14-8-12(9-14)22(27)28)19(25)18-20(17)32-16-6-4-3-5-15(16)21(18)33/h3-6,10,12,14H,2,7-9,11,26H2,1H3,(H,27,28)(H,29,30). The molecule has 1 fully saturated rings. The van der Waals surface area contributed by atoms with Gasteiger partial charge in [0.15, 0.2) is 11.3 Å². The maximum absolute atomic E-state index is 12.2. The number of ether oxygens (including phenoxy) is 1. The molecular formula is C24H24ClNO6S. The zero-order chi connectivity index (χ0) is 23.9. The van der Waals surface area contributed by atoms with Gasteiger partial charge in [-0.25, -0.2) is 0 Å². The summed E-state index contributed by atoms with van der Waals surface area (Å²) >= 11 is 12.5. The molecule has 4 rings (SSSR count). The van der Waals surface area contributed by atoms with Crippen molar-refractivity contribution in [1.29, 1.82) is 0 Å². The minimum Gasteiger partial charge on any atom is -0.490 e. The number of aliphatic carboxylic acids is 2. The van der Waals surface area contributed by atoms with Crippen molar-refractivity contribution >= 4 is 57.7 Å². The maximum atomic E-state index is 12.2. The van der Waals surface area contributed by atoms with Crippen LogP contribution in [0.4, 0.5) is 0 Å². The number of nitrogens with two attached hydrogens (primary N) is 1. The molecule has 3 aromatic rings. The molecule has 2 aromatic carbocycles. The lowest BCUT2D eigenvalue weighted by Crippen LogP contribution is -2.60. The molecule has 1 aliphatic carbocycles. The van der Waals surface area contributed by atoms with E-state index in [-0.39, 0.29) is 24.3 Å². The zero-order valence-electron chi connectivity index (χ0n) is 18.0. The quantitative estimate of drug-likeness (QED) is 0.291. The van der Waals surface area contributed by atoms with E-state index < -0.39 is 29.3 Å². The minimum absolute atomic E-state index is 0.0990. The number of rotatable bonds is 8. The highest BCUT2D eigenvalue weighted by molar-refractivity contribution is 7.72. The molecule has 33 heavy (non-hydrogen) atoms. The summed E-state index contributed by atoms with van der Waals surface area (Å²) in [4.78, 5) is 23.4. The van der Waals surface area contributed by atoms with Gasteiger partial charge in [0.25, 0.3) is 0 Å². The van der Waals surface area contributed by atoms with Crippen molar-refractivity contribution in [1.82, 2.24) is 0 Å². The summed E-state index contributed by atoms with van der Waals surface area (Å²) in [7, 11) is 0. The summed E-state index contributed by atoms with van der Waals surface area (Å²) in [5.41, 5.74) is 6.17. The normalized spacial score (nSPS) is 19.7. The summed E-state index contributed by atoms with van der Waals surface area (Å²) in [5, 5.41) is 20.6. The van der Waals surface area contributed by atoms with Gasteiger partial charge in [0.1, 0.15) is 11.1 Å². The Labute approximate surface area is 200 Å². The molecule has 174 valence electrons. The fourth-order valence-corrected chi connectivity index (χ4v) is 5.08. The minimum atomic E-state index is -1.68. The molecule has 0 spiro atoms. The molecule has 1 heterocycles. The highest BCUT2D eigenvalue weighted by Gasteiger charge is 2.51. The first-order valence-corrected chi connectivity index (χ1v) is 11.5. The Bertz CT molecular complexity index is 1320. The van der Waals surface area contributed by atoms with Gasteiger partial charge in [-0.2, -0.15) is 0 Å². The number of carboxylic acid groups (broad SMARTS) is 2. The van der Waals surface area contributed by atoms with Crippen LogP contribution in [0.15, 0.2) is 34.7 Å². The Balaban J connectivity index is 1.86. The van der Waals surface area contributed by atoms with Gasteiger partial charge >= 0.3 is 11.9 Å². The number of carboxylic acids is 2. The predicted molar refractivity (Wildman–Crippen MR) is 127 cm³/mol. The number of hydrogen-bond acceptors (Lipinski definition) is 6. The van der Waals surface area contributed by atoms with Gasteiger partial charge in [-0.05, 0) is 48.9 Å². The molecule has 9 heteroatoms. The first-order valence-electron chi connectivity index (χ1n) is 10.7. The van der Waals surface area contributed by atoms with Gasteiger partial charge in [-0.15, -0.1) is 0 Å². The van der Waals surface area contributed by atoms with E-state index in [1.54, 1.807) is 12.1 Å². The zero-order valence-corrected chi connectivity index (χ0v) is 19.5. The average Bonchev–Trinajstić information content (AvgIpc) is 2.73. The van der Waals surface area contributed by atoms with Crippen molar-refractivity contribution in [2.75, 3.05) is 6.61 Å². The molecule has 0 bridgehead atoms. The third kappa shape index (κ3) is 4.07. The maximum Gasteiger partial charge on any atom is 0.324 e. The molecule has 0 radical (unpaired) electrons. The van der Waals surface area contributed by atoms with E-state index in [0.29, 0.717) is 44.4 Å². The van der Waals surface area contributed by atoms with E-state index in [1.807, 2.05) is 25.1 Å². The fraction of sp³-hybridized carbons (Fsp3) is 0.375. The van der Waals surface area contributed by atoms with Crippen molar-refractivity contribution in [2.24, 2.45) is 17.6 Å². The average molecular weight is 490 g/mol. The molecular weight excluding hydrogens is 466 g/mol. The second-order valence-electron chi connectivity index (χ2n) is 8.55. The highest BCUT2D eigenvalue weighted by Crippen LogP contribution is 2.44. The third-order valence-electron chi connectivity index (χ3n) is 6.39. The van der Waals surface area contributed by atoms with Gasteiger partial charge in [0.05, 0.1) is 27.4 Å². The van der Waals surface area contributed by atoms with Crippen LogP contribution in [0, 0.1) is 16.3 Å². The van der Waals surface area contributed by atoms with Gasteiger partial charge in [0, 0.05) is 11.8 Å². The van der Waals surface area contributed by atoms with Crippen LogP contribution in [0.2, 0.25) is 5.02 Å². The molecule has 1 aliphatic rings. The van der Waals surface area contributed by atoms with Crippen molar-refractivity contribution in [3.8, 4) is 5.75 Å². The SMILES string of the molecule is CCCOc1cc(CC(N)(C(=O)O)C2CC(C(=O)O)C2)c(Cl)c2c(=S)c3ccccc3oc12. The topological polar surface area (TPSA) is 123 Å². The van der Waals surface area contributed by atoms with Crippen LogP contribution in [-0.4, -0.2) is 34.3 Å². The van der Waals surface area contributed by atoms with E-state index in [1.165, 1.54) is 0 Å². The summed E-state index contributed by atoms with van der Waals surface area (Å²) in [5.74, 6) is -2.82. The summed E-state index contributed by atoms with van der Waals surface area (Å²) in [6.45, 7) is 2.38. The summed E-state index contributed by atoms with van der Waals surface area (Å²) < 4.78 is 12.5. The number of halogens is 1. The van der Waals surface area contributed by atoms with Crippen LogP contribution in [0.3, 0.4) is 0 Å². The first-order chi connectivity index (χ1) is 15.7. The Morgan fingerprint density at radius 3 is 2.64 bits per heavy atom. The smallest absolute Gasteiger partial charge is 0.324 e. The number of carbonyl (C=O) groups is 2. The predicted octanol–water partition coefficient (Wildman–Crippen LogP) is 5.19. The monoisotopic (exact) mass is 489 g/mol. The molecule has 1 atom stereocenters. The van der Waals surface area contributed by atoms with Crippen LogP contribution < -0.4 is 10.5 Å². The lowest BCUT2D eigenvalue weighted by molar-refractivity contribution is -0.155. The highest BCUT2D eigenvalue weighted by atomic mass is 35.5. The van der Waals surface area contributed by atoms with E-state index >= 15 is 0 Å². The van der Waals surface area contributed by atoms with Crippen molar-refractivity contribution in [3.05, 3.63) is 45.4 Å². The summed E-state index contributed by atoms with van der Waals surface area (Å²) in [6, 6.07) is 8.98. The van der Waals surface area contributed by atoms with Crippen LogP contribution in [0.1, 0.15) is 31.7 Å².